The number of nitrogens with zero attached hydrogens (tertiary/aromatic N) is 2. The summed E-state index contributed by atoms with van der Waals surface area (Å²) in [5, 5.41) is 6.84. The van der Waals surface area contributed by atoms with Gasteiger partial charge in [-0.3, -0.25) is 4.79 Å². The maximum atomic E-state index is 11.7. The number of nitrogens with one attached hydrogen (secondary N) is 1. The number of likely N-dealkylation sites (N-methyl/N-ethyl adjacent to an activating group) is 1. The van der Waals surface area contributed by atoms with Gasteiger partial charge in [0.25, 0.3) is 0 Å². The third-order valence-electron chi connectivity index (χ3n) is 2.26. The van der Waals surface area contributed by atoms with Crippen LogP contribution in [0.2, 0.25) is 0 Å². The highest BCUT2D eigenvalue weighted by Gasteiger charge is 2.10. The van der Waals surface area contributed by atoms with E-state index in [2.05, 4.69) is 10.5 Å². The Morgan fingerprint density at radius 1 is 1.61 bits per heavy atom. The summed E-state index contributed by atoms with van der Waals surface area (Å²) < 4.78 is 9.81. The van der Waals surface area contributed by atoms with Crippen LogP contribution in [0.25, 0.3) is 0 Å². The van der Waals surface area contributed by atoms with Crippen LogP contribution < -0.4 is 5.32 Å². The van der Waals surface area contributed by atoms with Gasteiger partial charge in [0.15, 0.2) is 0 Å². The van der Waals surface area contributed by atoms with Crippen LogP contribution in [0.5, 0.6) is 0 Å². The molecule has 0 saturated carbocycles. The first kappa shape index (κ1) is 16.9. The molecule has 1 amide bonds. The van der Waals surface area contributed by atoms with E-state index in [1.807, 2.05) is 13.0 Å². The summed E-state index contributed by atoms with van der Waals surface area (Å²) in [5.74, 6) is 0.765. The number of methoxy groups -OCH3 is 1. The van der Waals surface area contributed by atoms with Crippen LogP contribution in [-0.4, -0.2) is 49.8 Å². The molecule has 1 heterocycles. The molecular weight excluding hydrogens is 258 g/mol. The van der Waals surface area contributed by atoms with Crippen molar-refractivity contribution in [3.05, 3.63) is 17.5 Å². The zero-order chi connectivity index (χ0) is 12.7. The van der Waals surface area contributed by atoms with E-state index in [1.54, 1.807) is 19.1 Å². The first-order valence-corrected chi connectivity index (χ1v) is 5.49. The van der Waals surface area contributed by atoms with Gasteiger partial charge in [-0.15, -0.1) is 12.4 Å². The number of carbonyl (C=O) groups is 1. The van der Waals surface area contributed by atoms with Gasteiger partial charge < -0.3 is 19.5 Å². The van der Waals surface area contributed by atoms with Crippen molar-refractivity contribution in [2.24, 2.45) is 0 Å². The molecule has 1 rings (SSSR count). The predicted molar refractivity (Wildman–Crippen MR) is 69.7 cm³/mol. The lowest BCUT2D eigenvalue weighted by Gasteiger charge is -2.15. The summed E-state index contributed by atoms with van der Waals surface area (Å²) >= 11 is 0. The number of carbonyl (C=O) groups excluding carboxylic acids is 1. The van der Waals surface area contributed by atoms with E-state index >= 15 is 0 Å². The van der Waals surface area contributed by atoms with Crippen LogP contribution in [0.4, 0.5) is 0 Å². The fraction of sp³-hybridized carbons (Fsp3) is 0.636. The molecule has 0 unspecified atom stereocenters. The zero-order valence-electron chi connectivity index (χ0n) is 10.9. The fourth-order valence-corrected chi connectivity index (χ4v) is 1.33. The minimum Gasteiger partial charge on any atom is -0.383 e. The Hall–Kier alpha value is -1.11. The van der Waals surface area contributed by atoms with Crippen LogP contribution in [0.3, 0.4) is 0 Å². The van der Waals surface area contributed by atoms with Crippen molar-refractivity contribution in [1.29, 1.82) is 0 Å². The van der Waals surface area contributed by atoms with E-state index < -0.39 is 0 Å². The third-order valence-corrected chi connectivity index (χ3v) is 2.26. The predicted octanol–water partition coefficient (Wildman–Crippen LogP) is 0.599. The maximum Gasteiger partial charge on any atom is 0.236 e. The summed E-state index contributed by atoms with van der Waals surface area (Å²) in [6.45, 7) is 3.85. The Morgan fingerprint density at radius 2 is 2.33 bits per heavy atom. The second-order valence-electron chi connectivity index (χ2n) is 3.85. The molecule has 0 aromatic carbocycles. The maximum absolute atomic E-state index is 11.7. The van der Waals surface area contributed by atoms with E-state index in [0.29, 0.717) is 26.2 Å². The number of rotatable bonds is 7. The largest absolute Gasteiger partial charge is 0.383 e. The van der Waals surface area contributed by atoms with Crippen LogP contribution in [-0.2, 0) is 16.1 Å². The van der Waals surface area contributed by atoms with Crippen molar-refractivity contribution in [3.8, 4) is 0 Å². The summed E-state index contributed by atoms with van der Waals surface area (Å²) in [7, 11) is 3.37. The molecule has 1 aromatic rings. The molecule has 0 aliphatic carbocycles. The van der Waals surface area contributed by atoms with E-state index in [9.17, 15) is 4.79 Å². The highest BCUT2D eigenvalue weighted by Crippen LogP contribution is 2.04. The molecule has 0 saturated heterocycles. The Morgan fingerprint density at radius 3 is 2.89 bits per heavy atom. The molecule has 18 heavy (non-hydrogen) atoms. The van der Waals surface area contributed by atoms with Crippen LogP contribution in [0.1, 0.15) is 11.5 Å². The molecule has 0 atom stereocenters. The first-order valence-electron chi connectivity index (χ1n) is 5.49. The molecule has 1 aromatic heterocycles. The van der Waals surface area contributed by atoms with Crippen molar-refractivity contribution >= 4 is 18.3 Å². The lowest BCUT2D eigenvalue weighted by atomic mass is 10.3. The molecule has 0 aliphatic heterocycles. The lowest BCUT2D eigenvalue weighted by Crippen LogP contribution is -2.36. The van der Waals surface area contributed by atoms with Crippen LogP contribution in [0, 0.1) is 6.92 Å². The highest BCUT2D eigenvalue weighted by molar-refractivity contribution is 5.85. The van der Waals surface area contributed by atoms with Crippen LogP contribution >= 0.6 is 12.4 Å². The number of hydrogen-bond acceptors (Lipinski definition) is 5. The van der Waals surface area contributed by atoms with E-state index in [0.717, 1.165) is 11.5 Å². The summed E-state index contributed by atoms with van der Waals surface area (Å²) in [6.07, 6.45) is 0. The van der Waals surface area contributed by atoms with Gasteiger partial charge in [0, 0.05) is 26.8 Å². The Kier molecular flexibility index (Phi) is 8.36. The Labute approximate surface area is 113 Å². The highest BCUT2D eigenvalue weighted by atomic mass is 35.5. The minimum absolute atomic E-state index is 0. The number of amides is 1. The molecule has 0 spiro atoms. The first-order chi connectivity index (χ1) is 8.13. The summed E-state index contributed by atoms with van der Waals surface area (Å²) in [4.78, 5) is 13.3. The van der Waals surface area contributed by atoms with Gasteiger partial charge in [0.1, 0.15) is 11.5 Å². The molecule has 0 radical (unpaired) electrons. The second-order valence-corrected chi connectivity index (χ2v) is 3.85. The molecule has 6 nitrogen and oxygen atoms in total. The monoisotopic (exact) mass is 277 g/mol. The molecule has 0 aliphatic rings. The topological polar surface area (TPSA) is 67.6 Å². The van der Waals surface area contributed by atoms with Gasteiger partial charge in [0.2, 0.25) is 5.91 Å². The SMILES string of the molecule is COCCNCC(=O)N(C)Cc1cc(C)on1.Cl. The van der Waals surface area contributed by atoms with Crippen molar-refractivity contribution in [2.45, 2.75) is 13.5 Å². The molecule has 1 N–H and O–H groups in total. The normalized spacial score (nSPS) is 9.94. The van der Waals surface area contributed by atoms with Gasteiger partial charge in [-0.25, -0.2) is 0 Å². The molecule has 0 fully saturated rings. The number of aromatic nitrogens is 1. The van der Waals surface area contributed by atoms with Crippen LogP contribution in [0.15, 0.2) is 10.6 Å². The quantitative estimate of drug-likeness (QED) is 0.739. The van der Waals surface area contributed by atoms with E-state index in [4.69, 9.17) is 9.26 Å². The number of aryl methyl sites for hydroxylation is 1. The van der Waals surface area contributed by atoms with Gasteiger partial charge in [-0.2, -0.15) is 0 Å². The minimum atomic E-state index is 0. The van der Waals surface area contributed by atoms with Gasteiger partial charge in [0.05, 0.1) is 19.7 Å². The average Bonchev–Trinajstić information content (AvgIpc) is 2.70. The second kappa shape index (κ2) is 8.91. The molecule has 104 valence electrons. The molecule has 7 heteroatoms. The third kappa shape index (κ3) is 6.00. The smallest absolute Gasteiger partial charge is 0.236 e. The average molecular weight is 278 g/mol. The van der Waals surface area contributed by atoms with Gasteiger partial charge in [-0.1, -0.05) is 5.16 Å². The number of ether oxygens (including phenoxy) is 1. The molecular formula is C11H20ClN3O3. The van der Waals surface area contributed by atoms with Gasteiger partial charge in [-0.05, 0) is 6.92 Å². The van der Waals surface area contributed by atoms with E-state index in [-0.39, 0.29) is 18.3 Å². The Bertz CT molecular complexity index is 357. The van der Waals surface area contributed by atoms with Crippen molar-refractivity contribution in [1.82, 2.24) is 15.4 Å². The number of hydrogen-bond donors (Lipinski definition) is 1. The van der Waals surface area contributed by atoms with Gasteiger partial charge >= 0.3 is 0 Å². The van der Waals surface area contributed by atoms with Crippen molar-refractivity contribution < 1.29 is 14.1 Å². The van der Waals surface area contributed by atoms with Crippen molar-refractivity contribution in [2.75, 3.05) is 33.9 Å². The standard InChI is InChI=1S/C11H19N3O3.ClH/c1-9-6-10(13-17-9)8-14(2)11(15)7-12-4-5-16-3;/h6,12H,4-5,7-8H2,1-3H3;1H. The summed E-state index contributed by atoms with van der Waals surface area (Å²) in [5.41, 5.74) is 0.759. The lowest BCUT2D eigenvalue weighted by molar-refractivity contribution is -0.129. The van der Waals surface area contributed by atoms with Crippen molar-refractivity contribution in [3.63, 3.8) is 0 Å². The Balaban J connectivity index is 0.00000289. The molecule has 0 bridgehead atoms. The zero-order valence-corrected chi connectivity index (χ0v) is 11.7. The summed E-state index contributed by atoms with van der Waals surface area (Å²) in [6, 6.07) is 1.82. The fourth-order valence-electron chi connectivity index (χ4n) is 1.33. The van der Waals surface area contributed by atoms with E-state index in [1.165, 1.54) is 0 Å². The number of halogens is 1.